The second-order valence-corrected chi connectivity index (χ2v) is 4.68. The number of benzene rings is 1. The van der Waals surface area contributed by atoms with E-state index in [4.69, 9.17) is 37.5 Å². The molecule has 1 aliphatic rings. The fraction of sp³-hybridized carbons (Fsp3) is 0.350. The molecule has 0 spiro atoms. The summed E-state index contributed by atoms with van der Waals surface area (Å²) in [5.74, 6) is 1.06. The van der Waals surface area contributed by atoms with E-state index < -0.39 is 0 Å². The Morgan fingerprint density at radius 2 is 1.28 bits per heavy atom. The minimum atomic E-state index is -0.0672. The quantitative estimate of drug-likeness (QED) is 0.319. The average molecular weight is 548 g/mol. The summed E-state index contributed by atoms with van der Waals surface area (Å²) < 4.78 is 45.0. The third-order valence-electron chi connectivity index (χ3n) is 2.79. The molecule has 0 aliphatic carbocycles. The molecule has 0 unspecified atom stereocenters. The van der Waals surface area contributed by atoms with E-state index in [2.05, 4.69) is 65.7 Å². The van der Waals surface area contributed by atoms with Crippen LogP contribution >= 0.6 is 0 Å². The van der Waals surface area contributed by atoms with Gasteiger partial charge < -0.3 is 9.63 Å². The van der Waals surface area contributed by atoms with Crippen LogP contribution in [0, 0.1) is 45.8 Å². The van der Waals surface area contributed by atoms with E-state index in [1.54, 1.807) is 5.06 Å². The molecular weight excluding hydrogens is 526 g/mol. The normalized spacial score (nSPS) is 13.5. The molecule has 0 aromatic heterocycles. The van der Waals surface area contributed by atoms with Gasteiger partial charge in [-0.15, -0.1) is 0 Å². The van der Waals surface area contributed by atoms with Gasteiger partial charge in [0.1, 0.15) is 5.75 Å². The van der Waals surface area contributed by atoms with Crippen LogP contribution in [0.3, 0.4) is 0 Å². The Labute approximate surface area is 215 Å². The van der Waals surface area contributed by atoms with Gasteiger partial charge >= 0.3 is 67.8 Å². The van der Waals surface area contributed by atoms with E-state index in [-0.39, 0.29) is 46.1 Å². The maximum absolute atomic E-state index is 8.96. The standard InChI is InChI=1S/C11H13NO2.C3H8S.6CO.2Fe/c1-12-11(10(7-13)8-14-12)9-5-3-2-4-6-9;1-2-3-4;6*1-2;;/h2-6,10-11,13H,8H2,1H3;4H,2-3H2,1H3;;;;;;;;/p+1/t10-,11+;;;;;;;;;/m0........./s1. The van der Waals surface area contributed by atoms with Gasteiger partial charge in [0, 0.05) is 47.2 Å². The summed E-state index contributed by atoms with van der Waals surface area (Å²) >= 11 is 3.29. The van der Waals surface area contributed by atoms with Crippen LogP contribution in [0.1, 0.15) is 24.9 Å². The van der Waals surface area contributed by atoms with Gasteiger partial charge in [-0.25, -0.2) is 0 Å². The summed E-state index contributed by atoms with van der Waals surface area (Å²) in [5, 5.41) is 1.77. The zero-order valence-electron chi connectivity index (χ0n) is 17.1. The Morgan fingerprint density at radius 1 is 0.938 bits per heavy atom. The molecule has 2 atom stereocenters. The van der Waals surface area contributed by atoms with Gasteiger partial charge in [0.05, 0.1) is 6.61 Å². The smallest absolute Gasteiger partial charge is 0 e. The van der Waals surface area contributed by atoms with Crippen LogP contribution in [0.2, 0.25) is 0 Å². The number of hydrogen-bond donors (Lipinski definition) is 0. The molecule has 0 amide bonds. The molecule has 1 aromatic rings. The summed E-state index contributed by atoms with van der Waals surface area (Å²) in [4.78, 5) is 14.3. The van der Waals surface area contributed by atoms with Crippen molar-refractivity contribution >= 4 is 18.9 Å². The largest absolute Gasteiger partial charge is 0 e. The van der Waals surface area contributed by atoms with Gasteiger partial charge in [-0.05, 0) is 36.8 Å². The number of carbonyl (C=O) groups excluding carboxylic acids is 1. The van der Waals surface area contributed by atoms with E-state index in [9.17, 15) is 0 Å². The predicted octanol–water partition coefficient (Wildman–Crippen LogP) is 1.45. The Kier molecular flexibility index (Phi) is 93.7. The van der Waals surface area contributed by atoms with Gasteiger partial charge in [0.15, 0.2) is 0 Å². The minimum Gasteiger partial charge on any atom is 0 e. The summed E-state index contributed by atoms with van der Waals surface area (Å²) in [5.41, 5.74) is 1.14. The zero-order valence-corrected chi connectivity index (χ0v) is 20.3. The first-order valence-electron chi connectivity index (χ1n) is 7.42. The summed E-state index contributed by atoms with van der Waals surface area (Å²) in [6, 6.07) is 10.1. The molecule has 1 saturated heterocycles. The van der Waals surface area contributed by atoms with Crippen molar-refractivity contribution in [3.63, 3.8) is 0 Å². The molecule has 0 radical (unpaired) electrons. The van der Waals surface area contributed by atoms with E-state index in [0.29, 0.717) is 6.61 Å². The molecular formula is C20H22Fe2NO8S+. The average Bonchev–Trinajstić information content (AvgIpc) is 3.27. The van der Waals surface area contributed by atoms with Crippen LogP contribution in [-0.2, 0) is 79.5 Å². The van der Waals surface area contributed by atoms with Gasteiger partial charge in [0.25, 0.3) is 0 Å². The second-order valence-electron chi connectivity index (χ2n) is 4.18. The zero-order chi connectivity index (χ0) is 25.4. The summed E-state index contributed by atoms with van der Waals surface area (Å²) in [6.45, 7) is 29.6. The Morgan fingerprint density at radius 3 is 1.56 bits per heavy atom. The van der Waals surface area contributed by atoms with Crippen LogP contribution in [0.25, 0.3) is 0 Å². The molecule has 9 nitrogen and oxygen atoms in total. The fourth-order valence-electron chi connectivity index (χ4n) is 1.82. The van der Waals surface area contributed by atoms with Crippen molar-refractivity contribution in [2.45, 2.75) is 19.4 Å². The molecule has 1 fully saturated rings. The molecule has 176 valence electrons. The molecule has 1 heterocycles. The second kappa shape index (κ2) is 57.1. The summed E-state index contributed by atoms with van der Waals surface area (Å²) in [7, 11) is 1.87. The summed E-state index contributed by atoms with van der Waals surface area (Å²) in [6.07, 6.45) is 3.51. The van der Waals surface area contributed by atoms with Crippen LogP contribution in [0.5, 0.6) is 0 Å². The Hall–Kier alpha value is -1.36. The van der Waals surface area contributed by atoms with Crippen molar-refractivity contribution in [2.24, 2.45) is 5.92 Å². The topological polar surface area (TPSA) is 153 Å². The number of hydroxylamine groups is 2. The molecule has 0 saturated carbocycles. The molecule has 2 rings (SSSR count). The van der Waals surface area contributed by atoms with E-state index in [1.807, 2.05) is 37.4 Å². The van der Waals surface area contributed by atoms with Crippen LogP contribution in [0.4, 0.5) is 0 Å². The molecule has 1 aromatic carbocycles. The number of nitrogens with zero attached hydrogens (tertiary/aromatic N) is 1. The van der Waals surface area contributed by atoms with Crippen molar-refractivity contribution in [3.8, 4) is 0 Å². The molecule has 0 bridgehead atoms. The molecule has 12 heteroatoms. The third-order valence-corrected chi connectivity index (χ3v) is 3.29. The van der Waals surface area contributed by atoms with Crippen LogP contribution in [0.15, 0.2) is 30.3 Å². The Bertz CT molecular complexity index is 543. The van der Waals surface area contributed by atoms with E-state index in [0.717, 1.165) is 11.3 Å². The van der Waals surface area contributed by atoms with Crippen molar-refractivity contribution < 1.29 is 71.7 Å². The number of rotatable bonds is 3. The molecule has 32 heavy (non-hydrogen) atoms. The van der Waals surface area contributed by atoms with Gasteiger partial charge in [-0.3, -0.25) is 0 Å². The molecule has 1 N–H and O–H groups in total. The minimum absolute atomic E-state index is 0. The number of hydrogen-bond acceptors (Lipinski definition) is 2. The Balaban J connectivity index is -0.0000000456. The predicted molar refractivity (Wildman–Crippen MR) is 102 cm³/mol. The van der Waals surface area contributed by atoms with E-state index in [1.165, 1.54) is 6.42 Å². The van der Waals surface area contributed by atoms with Gasteiger partial charge in [-0.2, -0.15) is 5.06 Å². The van der Waals surface area contributed by atoms with E-state index >= 15 is 0 Å². The fourth-order valence-corrected chi connectivity index (χ4v) is 1.82. The first-order chi connectivity index (χ1) is 14.7. The van der Waals surface area contributed by atoms with Gasteiger partial charge in [-0.1, -0.05) is 37.3 Å². The van der Waals surface area contributed by atoms with Crippen molar-refractivity contribution in [1.29, 1.82) is 0 Å². The first-order valence-corrected chi connectivity index (χ1v) is 8.12. The third kappa shape index (κ3) is 30.8. The maximum Gasteiger partial charge on any atom is 0 e. The SMILES string of the molecule is CCC[SH2+].CN1OC[C@H]([C-]=[OH+])[C@H]1c1ccccc1.[C-]#[O+].[C-]#[O+].[C-]#[O+].[C-]#[O+].[C-]#[O+].[C-]#[O+].[Fe].[Fe]. The monoisotopic (exact) mass is 548 g/mol. The maximum atomic E-state index is 8.96. The van der Waals surface area contributed by atoms with Crippen LogP contribution in [-0.4, -0.2) is 35.6 Å². The van der Waals surface area contributed by atoms with Crippen molar-refractivity contribution in [2.75, 3.05) is 19.4 Å². The van der Waals surface area contributed by atoms with Crippen molar-refractivity contribution in [1.82, 2.24) is 5.06 Å². The molecule has 1 aliphatic heterocycles. The van der Waals surface area contributed by atoms with Crippen molar-refractivity contribution in [3.05, 3.63) is 75.8 Å². The first kappa shape index (κ1) is 52.5. The van der Waals surface area contributed by atoms with Crippen LogP contribution < -0.4 is 0 Å². The van der Waals surface area contributed by atoms with Gasteiger partial charge in [0.2, 0.25) is 0 Å².